The number of hydrogen-bond acceptors (Lipinski definition) is 8. The molecule has 0 spiro atoms. The standard InChI is InChI=1S/C41H80N4O4/c1-34(2)24-29(38(9,10)42-34)46-23-21-19-17-18-20-22-28(47-30-25-35(3,4)43-39(30,11)12)33(48-31-26-36(5,6)44-40(31,13)14)49-32-27-37(7,8)45-41(32,15)16/h28-33,42-45H,17-27H2,1-16H3. The smallest absolute Gasteiger partial charge is 0.184 e. The molecule has 0 aromatic heterocycles. The normalized spacial score (nSPS) is 34.3. The maximum atomic E-state index is 7.24. The van der Waals surface area contributed by atoms with Crippen LogP contribution in [0.2, 0.25) is 0 Å². The SMILES string of the molecule is CC1(C)CC(OCCCCCCCC(OC2CC(C)(C)NC2(C)C)C(OC2CC(C)(C)NC2(C)C)OC2CC(C)(C)NC2(C)C)C(C)(C)N1. The molecule has 0 amide bonds. The van der Waals surface area contributed by atoms with Crippen molar-refractivity contribution in [3.05, 3.63) is 0 Å². The number of ether oxygens (including phenoxy) is 4. The van der Waals surface area contributed by atoms with E-state index >= 15 is 0 Å². The Hall–Kier alpha value is -0.320. The lowest BCUT2D eigenvalue weighted by atomic mass is 9.95. The first-order chi connectivity index (χ1) is 22.1. The van der Waals surface area contributed by atoms with Gasteiger partial charge in [0.15, 0.2) is 6.29 Å². The highest BCUT2D eigenvalue weighted by molar-refractivity contribution is 5.08. The first kappa shape index (κ1) is 41.4. The van der Waals surface area contributed by atoms with Crippen LogP contribution in [-0.2, 0) is 18.9 Å². The van der Waals surface area contributed by atoms with Crippen molar-refractivity contribution in [3.8, 4) is 0 Å². The highest BCUT2D eigenvalue weighted by Crippen LogP contribution is 2.40. The highest BCUT2D eigenvalue weighted by atomic mass is 16.7. The molecule has 0 aromatic carbocycles. The molecule has 49 heavy (non-hydrogen) atoms. The minimum atomic E-state index is -0.458. The van der Waals surface area contributed by atoms with Crippen LogP contribution in [0, 0.1) is 0 Å². The molecule has 0 bridgehead atoms. The third-order valence-corrected chi connectivity index (χ3v) is 11.8. The van der Waals surface area contributed by atoms with E-state index in [2.05, 4.69) is 132 Å². The predicted octanol–water partition coefficient (Wildman–Crippen LogP) is 7.76. The summed E-state index contributed by atoms with van der Waals surface area (Å²) >= 11 is 0. The molecule has 4 heterocycles. The lowest BCUT2D eigenvalue weighted by molar-refractivity contribution is -0.265. The van der Waals surface area contributed by atoms with Crippen molar-refractivity contribution in [1.29, 1.82) is 0 Å². The van der Waals surface area contributed by atoms with Gasteiger partial charge in [0.1, 0.15) is 6.10 Å². The van der Waals surface area contributed by atoms with Crippen molar-refractivity contribution in [3.63, 3.8) is 0 Å². The Bertz CT molecular complexity index is 1060. The van der Waals surface area contributed by atoms with Gasteiger partial charge in [0.05, 0.1) is 24.4 Å². The average molecular weight is 693 g/mol. The van der Waals surface area contributed by atoms with Gasteiger partial charge in [-0.25, -0.2) is 0 Å². The van der Waals surface area contributed by atoms with Crippen LogP contribution in [0.1, 0.15) is 175 Å². The van der Waals surface area contributed by atoms with Crippen LogP contribution < -0.4 is 21.3 Å². The van der Waals surface area contributed by atoms with E-state index in [1.54, 1.807) is 0 Å². The third-order valence-electron chi connectivity index (χ3n) is 11.8. The van der Waals surface area contributed by atoms with Gasteiger partial charge >= 0.3 is 0 Å². The quantitative estimate of drug-likeness (QED) is 0.0965. The molecule has 8 heteroatoms. The summed E-state index contributed by atoms with van der Waals surface area (Å²) in [4.78, 5) is 0. The summed E-state index contributed by atoms with van der Waals surface area (Å²) in [5, 5.41) is 15.2. The first-order valence-corrected chi connectivity index (χ1v) is 19.9. The minimum Gasteiger partial charge on any atom is -0.376 e. The predicted molar refractivity (Wildman–Crippen MR) is 203 cm³/mol. The summed E-state index contributed by atoms with van der Waals surface area (Å²) in [6.45, 7) is 37.3. The van der Waals surface area contributed by atoms with E-state index in [1.807, 2.05) is 0 Å². The molecule has 0 aliphatic carbocycles. The van der Waals surface area contributed by atoms with E-state index < -0.39 is 6.29 Å². The van der Waals surface area contributed by atoms with Crippen molar-refractivity contribution in [2.75, 3.05) is 6.61 Å². The summed E-state index contributed by atoms with van der Waals surface area (Å²) in [6, 6.07) is 0. The fourth-order valence-corrected chi connectivity index (χ4v) is 10.0. The van der Waals surface area contributed by atoms with Crippen LogP contribution in [-0.4, -0.2) is 87.7 Å². The summed E-state index contributed by atoms with van der Waals surface area (Å²) in [5.74, 6) is 0. The van der Waals surface area contributed by atoms with Gasteiger partial charge in [-0.2, -0.15) is 0 Å². The Labute approximate surface area is 302 Å². The molecule has 0 radical (unpaired) electrons. The molecule has 288 valence electrons. The third kappa shape index (κ3) is 11.1. The van der Waals surface area contributed by atoms with E-state index in [-0.39, 0.29) is 74.8 Å². The van der Waals surface area contributed by atoms with E-state index in [0.29, 0.717) is 0 Å². The van der Waals surface area contributed by atoms with Crippen LogP contribution in [0.15, 0.2) is 0 Å². The van der Waals surface area contributed by atoms with E-state index in [1.165, 1.54) is 19.3 Å². The second kappa shape index (κ2) is 14.5. The van der Waals surface area contributed by atoms with Crippen LogP contribution >= 0.6 is 0 Å². The molecule has 4 rings (SSSR count). The Morgan fingerprint density at radius 2 is 0.755 bits per heavy atom. The second-order valence-corrected chi connectivity index (χ2v) is 21.4. The molecule has 0 saturated carbocycles. The fourth-order valence-electron chi connectivity index (χ4n) is 10.0. The van der Waals surface area contributed by atoms with Crippen molar-refractivity contribution < 1.29 is 18.9 Å². The molecule has 8 nitrogen and oxygen atoms in total. The lowest BCUT2D eigenvalue weighted by Crippen LogP contribution is -2.53. The van der Waals surface area contributed by atoms with Crippen LogP contribution in [0.3, 0.4) is 0 Å². The minimum absolute atomic E-state index is 0.00339. The summed E-state index contributed by atoms with van der Waals surface area (Å²) in [5.41, 5.74) is -0.314. The number of rotatable bonds is 16. The van der Waals surface area contributed by atoms with Gasteiger partial charge in [0, 0.05) is 50.9 Å². The van der Waals surface area contributed by atoms with E-state index in [0.717, 1.165) is 51.6 Å². The Morgan fingerprint density at radius 1 is 0.429 bits per heavy atom. The van der Waals surface area contributed by atoms with Gasteiger partial charge in [-0.05, 0) is 149 Å². The van der Waals surface area contributed by atoms with Gasteiger partial charge in [-0.3, -0.25) is 0 Å². The molecule has 5 unspecified atom stereocenters. The van der Waals surface area contributed by atoms with Gasteiger partial charge in [-0.15, -0.1) is 0 Å². The zero-order chi connectivity index (χ0) is 36.9. The van der Waals surface area contributed by atoms with Gasteiger partial charge in [-0.1, -0.05) is 25.7 Å². The molecule has 0 aromatic rings. The Kier molecular flexibility index (Phi) is 12.3. The summed E-state index contributed by atoms with van der Waals surface area (Å²) < 4.78 is 28.0. The molecule has 5 atom stereocenters. The summed E-state index contributed by atoms with van der Waals surface area (Å²) in [7, 11) is 0. The monoisotopic (exact) mass is 693 g/mol. The highest BCUT2D eigenvalue weighted by Gasteiger charge is 2.52. The largest absolute Gasteiger partial charge is 0.376 e. The first-order valence-electron chi connectivity index (χ1n) is 19.9. The topological polar surface area (TPSA) is 85.0 Å². The van der Waals surface area contributed by atoms with Gasteiger partial charge < -0.3 is 40.2 Å². The van der Waals surface area contributed by atoms with Gasteiger partial charge in [0.2, 0.25) is 0 Å². The zero-order valence-corrected chi connectivity index (χ0v) is 34.9. The fraction of sp³-hybridized carbons (Fsp3) is 1.00. The molecular weight excluding hydrogens is 612 g/mol. The van der Waals surface area contributed by atoms with Crippen molar-refractivity contribution >= 4 is 0 Å². The van der Waals surface area contributed by atoms with E-state index in [9.17, 15) is 0 Å². The average Bonchev–Trinajstić information content (AvgIpc) is 3.41. The number of nitrogens with one attached hydrogen (secondary N) is 4. The molecule has 4 saturated heterocycles. The Morgan fingerprint density at radius 3 is 1.12 bits per heavy atom. The molecule has 4 fully saturated rings. The van der Waals surface area contributed by atoms with Crippen molar-refractivity contribution in [2.24, 2.45) is 0 Å². The van der Waals surface area contributed by atoms with E-state index in [4.69, 9.17) is 18.9 Å². The van der Waals surface area contributed by atoms with Crippen molar-refractivity contribution in [2.45, 2.75) is 256 Å². The molecule has 4 aliphatic rings. The summed E-state index contributed by atoms with van der Waals surface area (Å²) in [6.07, 6.45) is 10.3. The molecular formula is C41H80N4O4. The Balaban J connectivity index is 1.44. The van der Waals surface area contributed by atoms with Crippen LogP contribution in [0.25, 0.3) is 0 Å². The zero-order valence-electron chi connectivity index (χ0n) is 34.9. The maximum Gasteiger partial charge on any atom is 0.184 e. The second-order valence-electron chi connectivity index (χ2n) is 21.4. The molecule has 4 N–H and O–H groups in total. The molecule has 4 aliphatic heterocycles. The lowest BCUT2D eigenvalue weighted by Gasteiger charge is -2.40. The van der Waals surface area contributed by atoms with Crippen molar-refractivity contribution in [1.82, 2.24) is 21.3 Å². The van der Waals surface area contributed by atoms with Gasteiger partial charge in [0.25, 0.3) is 0 Å². The van der Waals surface area contributed by atoms with Crippen LogP contribution in [0.4, 0.5) is 0 Å². The number of hydrogen-bond donors (Lipinski definition) is 4. The number of unbranched alkanes of at least 4 members (excludes halogenated alkanes) is 4. The van der Waals surface area contributed by atoms with Crippen LogP contribution in [0.5, 0.6) is 0 Å². The maximum absolute atomic E-state index is 7.24.